The Kier molecular flexibility index (Phi) is 5.37. The summed E-state index contributed by atoms with van der Waals surface area (Å²) in [4.78, 5) is 8.48. The molecule has 0 amide bonds. The molecule has 0 bridgehead atoms. The summed E-state index contributed by atoms with van der Waals surface area (Å²) < 4.78 is 43.9. The van der Waals surface area contributed by atoms with Gasteiger partial charge >= 0.3 is 6.18 Å². The molecule has 0 saturated carbocycles. The van der Waals surface area contributed by atoms with E-state index in [2.05, 4.69) is 15.0 Å². The van der Waals surface area contributed by atoms with Gasteiger partial charge in [-0.25, -0.2) is 0 Å². The largest absolute Gasteiger partial charge is 0.416 e. The summed E-state index contributed by atoms with van der Waals surface area (Å²) in [6, 6.07) is 5.16. The maximum absolute atomic E-state index is 12.9. The summed E-state index contributed by atoms with van der Waals surface area (Å²) in [6.07, 6.45) is -3.76. The predicted molar refractivity (Wildman–Crippen MR) is 92.0 cm³/mol. The maximum Gasteiger partial charge on any atom is 0.416 e. The molecule has 1 aromatic heterocycles. The van der Waals surface area contributed by atoms with Crippen LogP contribution in [-0.4, -0.2) is 41.2 Å². The van der Waals surface area contributed by atoms with Crippen molar-refractivity contribution in [2.24, 2.45) is 0 Å². The topological polar surface area (TPSA) is 69.2 Å². The first-order valence-electron chi connectivity index (χ1n) is 8.76. The fourth-order valence-corrected chi connectivity index (χ4v) is 3.16. The Hall–Kier alpha value is -2.60. The number of nitriles is 1. The molecule has 2 heterocycles. The van der Waals surface area contributed by atoms with Gasteiger partial charge in [0.25, 0.3) is 0 Å². The Labute approximate surface area is 155 Å². The van der Waals surface area contributed by atoms with Crippen LogP contribution in [0.5, 0.6) is 0 Å². The summed E-state index contributed by atoms with van der Waals surface area (Å²) in [6.45, 7) is 6.49. The zero-order chi connectivity index (χ0) is 19.6. The van der Waals surface area contributed by atoms with Crippen molar-refractivity contribution in [1.29, 1.82) is 5.26 Å². The number of anilines is 1. The minimum absolute atomic E-state index is 0.0378. The van der Waals surface area contributed by atoms with E-state index in [0.29, 0.717) is 50.0 Å². The van der Waals surface area contributed by atoms with Crippen LogP contribution in [0, 0.1) is 11.3 Å². The van der Waals surface area contributed by atoms with Crippen molar-refractivity contribution in [3.63, 3.8) is 0 Å². The van der Waals surface area contributed by atoms with Crippen LogP contribution >= 0.6 is 0 Å². The van der Waals surface area contributed by atoms with Crippen molar-refractivity contribution in [2.75, 3.05) is 31.1 Å². The average molecular weight is 379 g/mol. The van der Waals surface area contributed by atoms with E-state index in [9.17, 15) is 18.4 Å². The predicted octanol–water partition coefficient (Wildman–Crippen LogP) is 3.41. The Balaban J connectivity index is 1.69. The van der Waals surface area contributed by atoms with Gasteiger partial charge in [0, 0.05) is 32.6 Å². The molecular formula is C18H20F3N5O. The standard InChI is InChI=1S/C18H20F3N5O/c1-3-16-23-17(27-24-16)12(2)25-6-8-26(9-7-25)15-5-4-14(18(19,20)21)10-13(15)11-22/h4-5,10,12H,3,6-9H2,1-2H3. The first-order chi connectivity index (χ1) is 12.8. The van der Waals surface area contributed by atoms with E-state index in [-0.39, 0.29) is 11.6 Å². The van der Waals surface area contributed by atoms with Gasteiger partial charge in [-0.15, -0.1) is 0 Å². The van der Waals surface area contributed by atoms with E-state index in [1.807, 2.05) is 24.8 Å². The lowest BCUT2D eigenvalue weighted by molar-refractivity contribution is -0.137. The number of alkyl halides is 3. The van der Waals surface area contributed by atoms with Crippen LogP contribution in [0.3, 0.4) is 0 Å². The van der Waals surface area contributed by atoms with Crippen LogP contribution in [-0.2, 0) is 12.6 Å². The van der Waals surface area contributed by atoms with E-state index in [4.69, 9.17) is 4.52 Å². The normalized spacial score (nSPS) is 17.0. The molecule has 0 radical (unpaired) electrons. The van der Waals surface area contributed by atoms with Crippen LogP contribution in [0.2, 0.25) is 0 Å². The van der Waals surface area contributed by atoms with Gasteiger partial charge in [-0.2, -0.15) is 23.4 Å². The van der Waals surface area contributed by atoms with Crippen molar-refractivity contribution >= 4 is 5.69 Å². The highest BCUT2D eigenvalue weighted by molar-refractivity contribution is 5.61. The van der Waals surface area contributed by atoms with Crippen LogP contribution in [0.4, 0.5) is 18.9 Å². The molecule has 27 heavy (non-hydrogen) atoms. The van der Waals surface area contributed by atoms with E-state index >= 15 is 0 Å². The number of aryl methyl sites for hydroxylation is 1. The highest BCUT2D eigenvalue weighted by atomic mass is 19.4. The number of benzene rings is 1. The number of aromatic nitrogens is 2. The zero-order valence-corrected chi connectivity index (χ0v) is 15.1. The van der Waals surface area contributed by atoms with E-state index in [0.717, 1.165) is 12.1 Å². The lowest BCUT2D eigenvalue weighted by Crippen LogP contribution is -2.47. The molecule has 0 aliphatic carbocycles. The van der Waals surface area contributed by atoms with Gasteiger partial charge in [-0.05, 0) is 25.1 Å². The molecule has 6 nitrogen and oxygen atoms in total. The summed E-state index contributed by atoms with van der Waals surface area (Å²) in [5, 5.41) is 13.2. The molecule has 3 rings (SSSR count). The highest BCUT2D eigenvalue weighted by Crippen LogP contribution is 2.33. The van der Waals surface area contributed by atoms with Gasteiger partial charge in [0.05, 0.1) is 22.9 Å². The maximum atomic E-state index is 12.9. The molecule has 1 aliphatic heterocycles. The molecule has 2 aromatic rings. The van der Waals surface area contributed by atoms with Crippen LogP contribution in [0.1, 0.15) is 42.7 Å². The summed E-state index contributed by atoms with van der Waals surface area (Å²) >= 11 is 0. The van der Waals surface area contributed by atoms with Crippen molar-refractivity contribution in [3.05, 3.63) is 41.0 Å². The van der Waals surface area contributed by atoms with Crippen molar-refractivity contribution in [3.8, 4) is 6.07 Å². The molecular weight excluding hydrogens is 359 g/mol. The van der Waals surface area contributed by atoms with Crippen molar-refractivity contribution in [1.82, 2.24) is 15.0 Å². The molecule has 0 spiro atoms. The van der Waals surface area contributed by atoms with Gasteiger partial charge < -0.3 is 9.42 Å². The lowest BCUT2D eigenvalue weighted by Gasteiger charge is -2.38. The van der Waals surface area contributed by atoms with E-state index in [1.165, 1.54) is 6.07 Å². The molecule has 1 unspecified atom stereocenters. The van der Waals surface area contributed by atoms with Gasteiger partial charge in [-0.3, -0.25) is 4.90 Å². The fourth-order valence-electron chi connectivity index (χ4n) is 3.16. The lowest BCUT2D eigenvalue weighted by atomic mass is 10.1. The van der Waals surface area contributed by atoms with E-state index in [1.54, 1.807) is 0 Å². The number of hydrogen-bond acceptors (Lipinski definition) is 6. The molecule has 1 aliphatic rings. The molecule has 1 fully saturated rings. The second kappa shape index (κ2) is 7.56. The van der Waals surface area contributed by atoms with Crippen LogP contribution in [0.25, 0.3) is 0 Å². The number of halogens is 3. The quantitative estimate of drug-likeness (QED) is 0.811. The third-order valence-corrected chi connectivity index (χ3v) is 4.80. The van der Waals surface area contributed by atoms with Crippen LogP contribution in [0.15, 0.2) is 22.7 Å². The van der Waals surface area contributed by atoms with Crippen molar-refractivity contribution < 1.29 is 17.7 Å². The van der Waals surface area contributed by atoms with Crippen LogP contribution < -0.4 is 4.90 Å². The van der Waals surface area contributed by atoms with Crippen molar-refractivity contribution in [2.45, 2.75) is 32.5 Å². The average Bonchev–Trinajstić information content (AvgIpc) is 3.15. The Morgan fingerprint density at radius 2 is 1.96 bits per heavy atom. The second-order valence-corrected chi connectivity index (χ2v) is 6.44. The Morgan fingerprint density at radius 1 is 1.26 bits per heavy atom. The third kappa shape index (κ3) is 4.06. The summed E-state index contributed by atoms with van der Waals surface area (Å²) in [7, 11) is 0. The minimum atomic E-state index is -4.46. The summed E-state index contributed by atoms with van der Waals surface area (Å²) in [5.41, 5.74) is -0.238. The molecule has 0 N–H and O–H groups in total. The zero-order valence-electron chi connectivity index (χ0n) is 15.1. The minimum Gasteiger partial charge on any atom is -0.368 e. The Bertz CT molecular complexity index is 834. The molecule has 1 saturated heterocycles. The number of nitrogens with zero attached hydrogens (tertiary/aromatic N) is 5. The Morgan fingerprint density at radius 3 is 2.52 bits per heavy atom. The number of hydrogen-bond donors (Lipinski definition) is 0. The highest BCUT2D eigenvalue weighted by Gasteiger charge is 2.32. The molecule has 144 valence electrons. The first kappa shape index (κ1) is 19.2. The molecule has 1 aromatic carbocycles. The second-order valence-electron chi connectivity index (χ2n) is 6.44. The molecule has 9 heteroatoms. The van der Waals surface area contributed by atoms with Gasteiger partial charge in [0.15, 0.2) is 5.82 Å². The van der Waals surface area contributed by atoms with Gasteiger partial charge in [0.1, 0.15) is 6.07 Å². The monoisotopic (exact) mass is 379 g/mol. The number of rotatable bonds is 4. The van der Waals surface area contributed by atoms with Gasteiger partial charge in [0.2, 0.25) is 5.89 Å². The third-order valence-electron chi connectivity index (χ3n) is 4.80. The number of piperazine rings is 1. The first-order valence-corrected chi connectivity index (χ1v) is 8.76. The fraction of sp³-hybridized carbons (Fsp3) is 0.500. The smallest absolute Gasteiger partial charge is 0.368 e. The molecule has 1 atom stereocenters. The van der Waals surface area contributed by atoms with Gasteiger partial charge in [-0.1, -0.05) is 12.1 Å². The SMILES string of the molecule is CCc1noc(C(C)N2CCN(c3ccc(C(F)(F)F)cc3C#N)CC2)n1. The summed E-state index contributed by atoms with van der Waals surface area (Å²) in [5.74, 6) is 1.23. The van der Waals surface area contributed by atoms with E-state index < -0.39 is 11.7 Å².